The molecule has 19 heavy (non-hydrogen) atoms. The molecule has 0 aromatic carbocycles. The molecule has 0 bridgehead atoms. The number of likely N-dealkylation sites (N-methyl/N-ethyl adjacent to an activating group) is 1. The van der Waals surface area contributed by atoms with Crippen LogP contribution in [0.3, 0.4) is 0 Å². The Morgan fingerprint density at radius 1 is 0.947 bits per heavy atom. The Balaban J connectivity index is 0. The fourth-order valence-corrected chi connectivity index (χ4v) is 2.23. The van der Waals surface area contributed by atoms with Crippen LogP contribution in [-0.4, -0.2) is 48.6 Å². The first-order valence-electron chi connectivity index (χ1n) is 7.50. The smallest absolute Gasteiger partial charge is 0.0205 e. The molecule has 0 aromatic rings. The van der Waals surface area contributed by atoms with Crippen molar-refractivity contribution >= 4 is 12.8 Å². The van der Waals surface area contributed by atoms with Gasteiger partial charge in [0.05, 0.1) is 0 Å². The molecule has 2 N–H and O–H groups in total. The molecule has 0 atom stereocenters. The molecule has 0 aliphatic carbocycles. The molecular weight excluding hydrogens is 254 g/mol. The number of piperazine rings is 1. The summed E-state index contributed by atoms with van der Waals surface area (Å²) >= 11 is 3.03. The topological polar surface area (TPSA) is 32.5 Å². The van der Waals surface area contributed by atoms with Gasteiger partial charge in [-0.3, -0.25) is 10.0 Å². The summed E-state index contributed by atoms with van der Waals surface area (Å²) in [6.07, 6.45) is 1.24. The molecule has 118 valence electrons. The minimum absolute atomic E-state index is 0.309. The SMILES string of the molecule is CC.CCC(C)(C)C(C)(C)N1CCN(C)CC1.NS. The Bertz CT molecular complexity index is 209. The molecule has 1 rings (SSSR count). The second-order valence-electron chi connectivity index (χ2n) is 6.09. The maximum Gasteiger partial charge on any atom is 0.0205 e. The summed E-state index contributed by atoms with van der Waals surface area (Å²) < 4.78 is 0. The zero-order valence-electron chi connectivity index (χ0n) is 14.5. The summed E-state index contributed by atoms with van der Waals surface area (Å²) in [5.74, 6) is 0. The zero-order valence-corrected chi connectivity index (χ0v) is 15.3. The maximum absolute atomic E-state index is 4.19. The standard InChI is InChI=1S/C13H28N2.C2H6.H3NS/c1-7-12(2,3)13(4,5)15-10-8-14(6)9-11-15;2*1-2/h7-11H2,1-6H3;1-2H3;2H,1H2. The lowest BCUT2D eigenvalue weighted by atomic mass is 9.71. The van der Waals surface area contributed by atoms with E-state index in [1.54, 1.807) is 0 Å². The number of thiol groups is 1. The van der Waals surface area contributed by atoms with Gasteiger partial charge < -0.3 is 4.90 Å². The number of nitrogens with two attached hydrogens (primary N) is 1. The number of hydrogen-bond donors (Lipinski definition) is 2. The Morgan fingerprint density at radius 2 is 1.32 bits per heavy atom. The van der Waals surface area contributed by atoms with Crippen LogP contribution >= 0.6 is 12.8 Å². The van der Waals surface area contributed by atoms with E-state index in [1.165, 1.54) is 32.6 Å². The molecule has 0 aromatic heterocycles. The zero-order chi connectivity index (χ0) is 15.7. The largest absolute Gasteiger partial charge is 0.304 e. The van der Waals surface area contributed by atoms with Crippen molar-refractivity contribution < 1.29 is 0 Å². The highest BCUT2D eigenvalue weighted by Gasteiger charge is 2.40. The Hall–Kier alpha value is 0.230. The summed E-state index contributed by atoms with van der Waals surface area (Å²) in [6.45, 7) is 20.8. The lowest BCUT2D eigenvalue weighted by Crippen LogP contribution is -2.59. The van der Waals surface area contributed by atoms with Crippen LogP contribution in [0.1, 0.15) is 54.9 Å². The molecule has 0 unspecified atom stereocenters. The molecular formula is C15H37N3S. The van der Waals surface area contributed by atoms with E-state index < -0.39 is 0 Å². The highest BCUT2D eigenvalue weighted by Crippen LogP contribution is 2.38. The van der Waals surface area contributed by atoms with Crippen LogP contribution in [0.2, 0.25) is 0 Å². The van der Waals surface area contributed by atoms with E-state index in [1.807, 2.05) is 13.8 Å². The minimum Gasteiger partial charge on any atom is -0.304 e. The van der Waals surface area contributed by atoms with Gasteiger partial charge in [-0.25, -0.2) is 0 Å². The van der Waals surface area contributed by atoms with Gasteiger partial charge in [0.15, 0.2) is 0 Å². The van der Waals surface area contributed by atoms with Crippen LogP contribution in [0.4, 0.5) is 0 Å². The predicted octanol–water partition coefficient (Wildman–Crippen LogP) is 3.26. The van der Waals surface area contributed by atoms with E-state index >= 15 is 0 Å². The van der Waals surface area contributed by atoms with Crippen LogP contribution in [-0.2, 0) is 0 Å². The third-order valence-corrected chi connectivity index (χ3v) is 4.83. The highest BCUT2D eigenvalue weighted by atomic mass is 32.1. The first-order valence-corrected chi connectivity index (χ1v) is 8.02. The van der Waals surface area contributed by atoms with Crippen LogP contribution in [0.15, 0.2) is 0 Å². The average molecular weight is 292 g/mol. The summed E-state index contributed by atoms with van der Waals surface area (Å²) in [4.78, 5) is 5.09. The molecule has 1 fully saturated rings. The summed E-state index contributed by atoms with van der Waals surface area (Å²) in [5.41, 5.74) is 0.700. The fourth-order valence-electron chi connectivity index (χ4n) is 2.23. The van der Waals surface area contributed by atoms with Gasteiger partial charge in [0.25, 0.3) is 0 Å². The van der Waals surface area contributed by atoms with Gasteiger partial charge in [0.2, 0.25) is 0 Å². The van der Waals surface area contributed by atoms with Crippen LogP contribution in [0.25, 0.3) is 0 Å². The van der Waals surface area contributed by atoms with Crippen LogP contribution < -0.4 is 5.14 Å². The van der Waals surface area contributed by atoms with Gasteiger partial charge in [-0.05, 0) is 32.7 Å². The molecule has 1 heterocycles. The van der Waals surface area contributed by atoms with Crippen molar-refractivity contribution in [2.75, 3.05) is 33.2 Å². The molecule has 4 heteroatoms. The maximum atomic E-state index is 4.19. The van der Waals surface area contributed by atoms with Crippen molar-refractivity contribution in [3.63, 3.8) is 0 Å². The quantitative estimate of drug-likeness (QED) is 0.783. The summed E-state index contributed by atoms with van der Waals surface area (Å²) in [5, 5.41) is 4.19. The molecule has 0 spiro atoms. The van der Waals surface area contributed by atoms with Crippen molar-refractivity contribution in [1.29, 1.82) is 0 Å². The van der Waals surface area contributed by atoms with E-state index in [2.05, 4.69) is 69.4 Å². The van der Waals surface area contributed by atoms with Gasteiger partial charge in [-0.2, -0.15) is 0 Å². The average Bonchev–Trinajstić information content (AvgIpc) is 2.43. The van der Waals surface area contributed by atoms with Crippen molar-refractivity contribution in [2.45, 2.75) is 60.4 Å². The van der Waals surface area contributed by atoms with E-state index in [0.29, 0.717) is 11.0 Å². The number of rotatable bonds is 3. The second-order valence-corrected chi connectivity index (χ2v) is 6.09. The number of nitrogens with zero attached hydrogens (tertiary/aromatic N) is 2. The highest BCUT2D eigenvalue weighted by molar-refractivity contribution is 7.77. The van der Waals surface area contributed by atoms with Crippen LogP contribution in [0.5, 0.6) is 0 Å². The molecule has 1 aliphatic rings. The van der Waals surface area contributed by atoms with Gasteiger partial charge in [-0.15, -0.1) is 12.8 Å². The lowest BCUT2D eigenvalue weighted by molar-refractivity contribution is -0.0181. The number of hydrogen-bond acceptors (Lipinski definition) is 4. The van der Waals surface area contributed by atoms with Crippen molar-refractivity contribution in [3.8, 4) is 0 Å². The van der Waals surface area contributed by atoms with E-state index in [-0.39, 0.29) is 0 Å². The predicted molar refractivity (Wildman–Crippen MR) is 91.7 cm³/mol. The monoisotopic (exact) mass is 291 g/mol. The molecule has 1 saturated heterocycles. The Morgan fingerprint density at radius 3 is 1.63 bits per heavy atom. The fraction of sp³-hybridized carbons (Fsp3) is 1.00. The molecule has 1 aliphatic heterocycles. The lowest BCUT2D eigenvalue weighted by Gasteiger charge is -2.51. The second kappa shape index (κ2) is 10.0. The van der Waals surface area contributed by atoms with Gasteiger partial charge in [-0.1, -0.05) is 34.6 Å². The van der Waals surface area contributed by atoms with Gasteiger partial charge >= 0.3 is 0 Å². The van der Waals surface area contributed by atoms with Crippen molar-refractivity contribution in [2.24, 2.45) is 10.6 Å². The minimum atomic E-state index is 0.309. The van der Waals surface area contributed by atoms with Crippen molar-refractivity contribution in [3.05, 3.63) is 0 Å². The molecule has 3 nitrogen and oxygen atoms in total. The summed E-state index contributed by atoms with van der Waals surface area (Å²) in [6, 6.07) is 0. The van der Waals surface area contributed by atoms with E-state index in [9.17, 15) is 0 Å². The van der Waals surface area contributed by atoms with Gasteiger partial charge in [0.1, 0.15) is 0 Å². The first kappa shape index (κ1) is 21.5. The third kappa shape index (κ3) is 6.03. The molecule has 0 amide bonds. The van der Waals surface area contributed by atoms with Gasteiger partial charge in [0, 0.05) is 31.7 Å². The Kier molecular flexibility index (Phi) is 11.4. The summed E-state index contributed by atoms with van der Waals surface area (Å²) in [7, 11) is 2.22. The van der Waals surface area contributed by atoms with Crippen LogP contribution in [0, 0.1) is 5.41 Å². The van der Waals surface area contributed by atoms with E-state index in [4.69, 9.17) is 0 Å². The third-order valence-electron chi connectivity index (χ3n) is 4.83. The molecule has 0 radical (unpaired) electrons. The van der Waals surface area contributed by atoms with Crippen molar-refractivity contribution in [1.82, 2.24) is 9.80 Å². The normalized spacial score (nSPS) is 18.0. The van der Waals surface area contributed by atoms with E-state index in [0.717, 1.165) is 0 Å². The molecule has 0 saturated carbocycles. The Labute approximate surface area is 127 Å². The first-order chi connectivity index (χ1) is 8.81.